The maximum absolute atomic E-state index is 12.9. The van der Waals surface area contributed by atoms with Crippen LogP contribution in [-0.2, 0) is 19.1 Å². The zero-order valence-electron chi connectivity index (χ0n) is 17.9. The molecule has 31 heavy (non-hydrogen) atoms. The third kappa shape index (κ3) is 4.58. The van der Waals surface area contributed by atoms with E-state index in [9.17, 15) is 19.2 Å². The number of carbonyl (C=O) groups is 4. The molecule has 2 aromatic rings. The summed E-state index contributed by atoms with van der Waals surface area (Å²) < 4.78 is 9.46. The SMILES string of the molecule is COC(=O)c1ccc(C(=O)OC)c(NC(=O)C2CC(=O)N(c3ccc(C)cc3C)C2)c1. The van der Waals surface area contributed by atoms with Gasteiger partial charge in [0.2, 0.25) is 11.8 Å². The smallest absolute Gasteiger partial charge is 0.339 e. The Bertz CT molecular complexity index is 1060. The standard InChI is InChI=1S/C23H24N2O6/c1-13-5-8-19(14(2)9-13)25-12-16(11-20(25)26)21(27)24-18-10-15(22(28)30-3)6-7-17(18)23(29)31-4/h5-10,16H,11-12H2,1-4H3,(H,24,27). The lowest BCUT2D eigenvalue weighted by Gasteiger charge is -2.19. The average molecular weight is 424 g/mol. The summed E-state index contributed by atoms with van der Waals surface area (Å²) in [4.78, 5) is 51.1. The second-order valence-corrected chi connectivity index (χ2v) is 7.43. The van der Waals surface area contributed by atoms with E-state index in [0.29, 0.717) is 0 Å². The lowest BCUT2D eigenvalue weighted by molar-refractivity contribution is -0.122. The van der Waals surface area contributed by atoms with E-state index >= 15 is 0 Å². The van der Waals surface area contributed by atoms with E-state index in [2.05, 4.69) is 5.32 Å². The fraction of sp³-hybridized carbons (Fsp3) is 0.304. The molecule has 0 aliphatic carbocycles. The molecule has 2 aromatic carbocycles. The molecule has 1 fully saturated rings. The van der Waals surface area contributed by atoms with Gasteiger partial charge in [0.1, 0.15) is 0 Å². The first-order valence-corrected chi connectivity index (χ1v) is 9.74. The number of benzene rings is 2. The Hall–Kier alpha value is -3.68. The molecule has 3 rings (SSSR count). The molecule has 0 radical (unpaired) electrons. The van der Waals surface area contributed by atoms with Crippen molar-refractivity contribution in [2.45, 2.75) is 20.3 Å². The van der Waals surface area contributed by atoms with E-state index in [1.807, 2.05) is 32.0 Å². The first-order chi connectivity index (χ1) is 14.7. The molecule has 1 unspecified atom stereocenters. The molecule has 0 bridgehead atoms. The van der Waals surface area contributed by atoms with Gasteiger partial charge in [-0.25, -0.2) is 9.59 Å². The van der Waals surface area contributed by atoms with Gasteiger partial charge >= 0.3 is 11.9 Å². The Morgan fingerprint density at radius 3 is 2.35 bits per heavy atom. The highest BCUT2D eigenvalue weighted by Gasteiger charge is 2.36. The van der Waals surface area contributed by atoms with Gasteiger partial charge in [-0.1, -0.05) is 17.7 Å². The van der Waals surface area contributed by atoms with Crippen LogP contribution in [0.4, 0.5) is 11.4 Å². The van der Waals surface area contributed by atoms with Crippen molar-refractivity contribution in [1.82, 2.24) is 0 Å². The summed E-state index contributed by atoms with van der Waals surface area (Å²) in [7, 11) is 2.46. The van der Waals surface area contributed by atoms with Crippen LogP contribution in [0.5, 0.6) is 0 Å². The quantitative estimate of drug-likeness (QED) is 0.741. The van der Waals surface area contributed by atoms with E-state index in [1.165, 1.54) is 32.4 Å². The van der Waals surface area contributed by atoms with Crippen LogP contribution in [0.1, 0.15) is 38.3 Å². The maximum atomic E-state index is 12.9. The zero-order chi connectivity index (χ0) is 22.7. The molecular formula is C23H24N2O6. The predicted octanol–water partition coefficient (Wildman–Crippen LogP) is 2.87. The van der Waals surface area contributed by atoms with Crippen LogP contribution in [0.3, 0.4) is 0 Å². The van der Waals surface area contributed by atoms with Crippen molar-refractivity contribution in [1.29, 1.82) is 0 Å². The summed E-state index contributed by atoms with van der Waals surface area (Å²) in [5, 5.41) is 2.68. The highest BCUT2D eigenvalue weighted by Crippen LogP contribution is 2.30. The first kappa shape index (κ1) is 22.0. The van der Waals surface area contributed by atoms with Gasteiger partial charge < -0.3 is 19.7 Å². The molecule has 8 heteroatoms. The number of nitrogens with one attached hydrogen (secondary N) is 1. The van der Waals surface area contributed by atoms with Crippen LogP contribution < -0.4 is 10.2 Å². The topological polar surface area (TPSA) is 102 Å². The normalized spacial score (nSPS) is 15.5. The van der Waals surface area contributed by atoms with Gasteiger partial charge in [0, 0.05) is 18.7 Å². The Morgan fingerprint density at radius 1 is 1.00 bits per heavy atom. The Labute approximate surface area is 180 Å². The number of rotatable bonds is 5. The van der Waals surface area contributed by atoms with Crippen molar-refractivity contribution < 1.29 is 28.7 Å². The van der Waals surface area contributed by atoms with Crippen LogP contribution in [0.2, 0.25) is 0 Å². The number of esters is 2. The van der Waals surface area contributed by atoms with Gasteiger partial charge in [-0.3, -0.25) is 9.59 Å². The molecule has 1 atom stereocenters. The van der Waals surface area contributed by atoms with Crippen LogP contribution in [0.15, 0.2) is 36.4 Å². The van der Waals surface area contributed by atoms with Crippen LogP contribution in [0.25, 0.3) is 0 Å². The van der Waals surface area contributed by atoms with E-state index in [0.717, 1.165) is 16.8 Å². The molecule has 162 valence electrons. The second kappa shape index (κ2) is 8.99. The monoisotopic (exact) mass is 424 g/mol. The molecule has 1 N–H and O–H groups in total. The van der Waals surface area contributed by atoms with Crippen molar-refractivity contribution in [3.63, 3.8) is 0 Å². The third-order valence-corrected chi connectivity index (χ3v) is 5.24. The highest BCUT2D eigenvalue weighted by atomic mass is 16.5. The van der Waals surface area contributed by atoms with E-state index in [4.69, 9.17) is 9.47 Å². The van der Waals surface area contributed by atoms with Gasteiger partial charge in [-0.05, 0) is 43.7 Å². The number of amides is 2. The Kier molecular flexibility index (Phi) is 6.39. The summed E-state index contributed by atoms with van der Waals surface area (Å²) in [6.45, 7) is 4.11. The van der Waals surface area contributed by atoms with Crippen LogP contribution in [0, 0.1) is 19.8 Å². The Balaban J connectivity index is 1.83. The van der Waals surface area contributed by atoms with Crippen molar-refractivity contribution in [2.75, 3.05) is 31.0 Å². The minimum Gasteiger partial charge on any atom is -0.465 e. The number of ether oxygens (including phenoxy) is 2. The van der Waals surface area contributed by atoms with E-state index in [-0.39, 0.29) is 35.7 Å². The molecule has 1 aliphatic rings. The van der Waals surface area contributed by atoms with E-state index < -0.39 is 23.8 Å². The second-order valence-electron chi connectivity index (χ2n) is 7.43. The number of hydrogen-bond donors (Lipinski definition) is 1. The largest absolute Gasteiger partial charge is 0.465 e. The lowest BCUT2D eigenvalue weighted by Crippen LogP contribution is -2.29. The van der Waals surface area contributed by atoms with Crippen molar-refractivity contribution >= 4 is 35.1 Å². The number of nitrogens with zero attached hydrogens (tertiary/aromatic N) is 1. The third-order valence-electron chi connectivity index (χ3n) is 5.24. The molecule has 1 aliphatic heterocycles. The molecular weight excluding hydrogens is 400 g/mol. The number of methoxy groups -OCH3 is 2. The number of hydrogen-bond acceptors (Lipinski definition) is 6. The van der Waals surface area contributed by atoms with E-state index in [1.54, 1.807) is 4.90 Å². The van der Waals surface area contributed by atoms with Gasteiger partial charge in [-0.2, -0.15) is 0 Å². The summed E-state index contributed by atoms with van der Waals surface area (Å²) in [6.07, 6.45) is 0.0450. The lowest BCUT2D eigenvalue weighted by atomic mass is 10.1. The minimum absolute atomic E-state index is 0.0450. The fourth-order valence-corrected chi connectivity index (χ4v) is 3.64. The molecule has 0 spiro atoms. The molecule has 0 aromatic heterocycles. The summed E-state index contributed by atoms with van der Waals surface area (Å²) >= 11 is 0. The molecule has 1 heterocycles. The average Bonchev–Trinajstić information content (AvgIpc) is 3.14. The summed E-state index contributed by atoms with van der Waals surface area (Å²) in [6, 6.07) is 9.93. The first-order valence-electron chi connectivity index (χ1n) is 9.74. The zero-order valence-corrected chi connectivity index (χ0v) is 17.9. The van der Waals surface area contributed by atoms with Crippen molar-refractivity contribution in [2.24, 2.45) is 5.92 Å². The fourth-order valence-electron chi connectivity index (χ4n) is 3.64. The van der Waals surface area contributed by atoms with Crippen LogP contribution in [-0.4, -0.2) is 44.5 Å². The van der Waals surface area contributed by atoms with Crippen LogP contribution >= 0.6 is 0 Å². The molecule has 0 saturated carbocycles. The number of carbonyl (C=O) groups excluding carboxylic acids is 4. The maximum Gasteiger partial charge on any atom is 0.339 e. The van der Waals surface area contributed by atoms with Gasteiger partial charge in [0.25, 0.3) is 0 Å². The van der Waals surface area contributed by atoms with Crippen molar-refractivity contribution in [3.8, 4) is 0 Å². The van der Waals surface area contributed by atoms with Crippen molar-refractivity contribution in [3.05, 3.63) is 58.7 Å². The van der Waals surface area contributed by atoms with Gasteiger partial charge in [0.15, 0.2) is 0 Å². The molecule has 1 saturated heterocycles. The molecule has 2 amide bonds. The Morgan fingerprint density at radius 2 is 1.71 bits per heavy atom. The molecule has 8 nitrogen and oxygen atoms in total. The number of aryl methyl sites for hydroxylation is 2. The predicted molar refractivity (Wildman–Crippen MR) is 114 cm³/mol. The van der Waals surface area contributed by atoms with Gasteiger partial charge in [0.05, 0.1) is 37.0 Å². The minimum atomic E-state index is -0.661. The van der Waals surface area contributed by atoms with Gasteiger partial charge in [-0.15, -0.1) is 0 Å². The summed E-state index contributed by atoms with van der Waals surface area (Å²) in [5.74, 6) is -2.45. The summed E-state index contributed by atoms with van der Waals surface area (Å²) in [5.41, 5.74) is 3.20. The number of anilines is 2. The highest BCUT2D eigenvalue weighted by molar-refractivity contribution is 6.07.